The van der Waals surface area contributed by atoms with Gasteiger partial charge in [-0.05, 0) is 69.4 Å². The van der Waals surface area contributed by atoms with E-state index >= 15 is 0 Å². The lowest BCUT2D eigenvalue weighted by Crippen LogP contribution is -2.63. The fourth-order valence-corrected chi connectivity index (χ4v) is 6.51. The smallest absolute Gasteiger partial charge is 0.475 e. The standard InChI is InChI=1S/C25H35N3O.3C2HF3O2/c1-21-9-10-23(29-21)16-27-13-6-11-24(12-14-27)19-28(15-22-7-4-3-5-8-22)20-25(24)17-26(2)18-25;3*3-2(4,5)1(6)7/h3-5,7-10H,6,11-20H2,1-2H3;3*(H,6,7). The van der Waals surface area contributed by atoms with Crippen LogP contribution in [-0.4, -0.2) is 113 Å². The van der Waals surface area contributed by atoms with Crippen LogP contribution in [0.25, 0.3) is 0 Å². The van der Waals surface area contributed by atoms with Crippen molar-refractivity contribution in [1.82, 2.24) is 14.7 Å². The van der Waals surface area contributed by atoms with Gasteiger partial charge in [0.25, 0.3) is 0 Å². The van der Waals surface area contributed by atoms with E-state index in [1.165, 1.54) is 64.1 Å². The van der Waals surface area contributed by atoms with Crippen LogP contribution in [0.4, 0.5) is 39.5 Å². The van der Waals surface area contributed by atoms with Crippen LogP contribution < -0.4 is 0 Å². The topological polar surface area (TPSA) is 135 Å². The normalized spacial score (nSPS) is 21.0. The minimum atomic E-state index is -5.08. The summed E-state index contributed by atoms with van der Waals surface area (Å²) in [6.07, 6.45) is -11.2. The summed E-state index contributed by atoms with van der Waals surface area (Å²) < 4.78 is 101. The molecule has 1 unspecified atom stereocenters. The molecule has 0 radical (unpaired) electrons. The molecule has 50 heavy (non-hydrogen) atoms. The van der Waals surface area contributed by atoms with Gasteiger partial charge in [-0.2, -0.15) is 39.5 Å². The van der Waals surface area contributed by atoms with Gasteiger partial charge in [-0.15, -0.1) is 0 Å². The van der Waals surface area contributed by atoms with E-state index in [1.54, 1.807) is 0 Å². The van der Waals surface area contributed by atoms with E-state index in [0.717, 1.165) is 24.6 Å². The molecule has 1 atom stereocenters. The minimum Gasteiger partial charge on any atom is -0.475 e. The van der Waals surface area contributed by atoms with Crippen molar-refractivity contribution in [2.24, 2.45) is 10.8 Å². The number of benzene rings is 1. The predicted octanol–water partition coefficient (Wildman–Crippen LogP) is 5.91. The van der Waals surface area contributed by atoms with E-state index in [9.17, 15) is 39.5 Å². The first-order valence-electron chi connectivity index (χ1n) is 15.0. The van der Waals surface area contributed by atoms with E-state index in [1.807, 2.05) is 6.92 Å². The molecule has 2 aromatic rings. The maximum absolute atomic E-state index is 10.6. The molecular weight excluding hydrogens is 697 g/mol. The number of carbonyl (C=O) groups is 3. The molecule has 0 aliphatic carbocycles. The van der Waals surface area contributed by atoms with Gasteiger partial charge in [0.2, 0.25) is 0 Å². The number of hydrogen-bond acceptors (Lipinski definition) is 7. The monoisotopic (exact) mass is 735 g/mol. The lowest BCUT2D eigenvalue weighted by atomic mass is 9.58. The highest BCUT2D eigenvalue weighted by Gasteiger charge is 2.61. The Bertz CT molecular complexity index is 1350. The van der Waals surface area contributed by atoms with Crippen molar-refractivity contribution in [3.05, 3.63) is 59.5 Å². The molecule has 3 aliphatic heterocycles. The number of alkyl halides is 9. The lowest BCUT2D eigenvalue weighted by molar-refractivity contribution is -0.193. The summed E-state index contributed by atoms with van der Waals surface area (Å²) in [5.41, 5.74) is 2.42. The number of carboxylic acids is 3. The van der Waals surface area contributed by atoms with Crippen molar-refractivity contribution in [2.45, 2.75) is 57.8 Å². The first-order valence-corrected chi connectivity index (χ1v) is 15.0. The molecule has 3 aliphatic rings. The molecule has 3 N–H and O–H groups in total. The Labute approximate surface area is 281 Å². The molecule has 0 bridgehead atoms. The van der Waals surface area contributed by atoms with Crippen LogP contribution in [0.3, 0.4) is 0 Å². The quantitative estimate of drug-likeness (QED) is 0.326. The first-order chi connectivity index (χ1) is 22.9. The third-order valence-corrected chi connectivity index (χ3v) is 8.51. The highest BCUT2D eigenvalue weighted by Crippen LogP contribution is 2.57. The van der Waals surface area contributed by atoms with Gasteiger partial charge in [-0.25, -0.2) is 14.4 Å². The highest BCUT2D eigenvalue weighted by atomic mass is 19.4. The number of nitrogens with zero attached hydrogens (tertiary/aromatic N) is 3. The Morgan fingerprint density at radius 2 is 1.16 bits per heavy atom. The Balaban J connectivity index is 0.000000338. The number of rotatable bonds is 4. The number of hydrogen-bond donors (Lipinski definition) is 3. The van der Waals surface area contributed by atoms with Gasteiger partial charge >= 0.3 is 36.4 Å². The summed E-state index contributed by atoms with van der Waals surface area (Å²) in [6, 6.07) is 15.3. The summed E-state index contributed by atoms with van der Waals surface area (Å²) in [5.74, 6) is -6.13. The van der Waals surface area contributed by atoms with Crippen molar-refractivity contribution in [3.8, 4) is 0 Å². The summed E-state index contributed by atoms with van der Waals surface area (Å²) in [5, 5.41) is 21.4. The fourth-order valence-electron chi connectivity index (χ4n) is 6.51. The van der Waals surface area contributed by atoms with E-state index in [0.29, 0.717) is 10.8 Å². The van der Waals surface area contributed by atoms with E-state index in [-0.39, 0.29) is 0 Å². The molecule has 1 aromatic heterocycles. The van der Waals surface area contributed by atoms with E-state index in [4.69, 9.17) is 34.1 Å². The van der Waals surface area contributed by atoms with Crippen LogP contribution in [0.2, 0.25) is 0 Å². The molecule has 4 heterocycles. The van der Waals surface area contributed by atoms with E-state index < -0.39 is 36.4 Å². The van der Waals surface area contributed by atoms with Crippen molar-refractivity contribution in [1.29, 1.82) is 0 Å². The Morgan fingerprint density at radius 1 is 0.680 bits per heavy atom. The number of likely N-dealkylation sites (tertiary alicyclic amines) is 3. The van der Waals surface area contributed by atoms with Gasteiger partial charge in [0.1, 0.15) is 11.5 Å². The third kappa shape index (κ3) is 12.5. The number of fused-ring (bicyclic) bond motifs is 1. The molecule has 3 fully saturated rings. The average molecular weight is 736 g/mol. The molecule has 0 amide bonds. The van der Waals surface area contributed by atoms with Crippen molar-refractivity contribution in [2.75, 3.05) is 46.3 Å². The lowest BCUT2D eigenvalue weighted by Gasteiger charge is -2.56. The second-order valence-electron chi connectivity index (χ2n) is 12.4. The van der Waals surface area contributed by atoms with Crippen LogP contribution in [0.5, 0.6) is 0 Å². The molecule has 3 saturated heterocycles. The van der Waals surface area contributed by atoms with Crippen molar-refractivity contribution in [3.63, 3.8) is 0 Å². The fraction of sp³-hybridized carbons (Fsp3) is 0.581. The minimum absolute atomic E-state index is 0.474. The van der Waals surface area contributed by atoms with Crippen molar-refractivity contribution < 1.29 is 73.6 Å². The first kappa shape index (κ1) is 42.3. The third-order valence-electron chi connectivity index (χ3n) is 8.51. The molecule has 10 nitrogen and oxygen atoms in total. The van der Waals surface area contributed by atoms with Crippen molar-refractivity contribution >= 4 is 17.9 Å². The molecular formula is C31H38F9N3O7. The number of carboxylic acid groups (broad SMARTS) is 3. The van der Waals surface area contributed by atoms with Crippen LogP contribution in [0.1, 0.15) is 36.3 Å². The molecule has 1 aromatic carbocycles. The Hall–Kier alpha value is -3.84. The number of aryl methyl sites for hydroxylation is 1. The highest BCUT2D eigenvalue weighted by molar-refractivity contribution is 5.73. The summed E-state index contributed by atoms with van der Waals surface area (Å²) in [6.45, 7) is 11.6. The molecule has 282 valence electrons. The van der Waals surface area contributed by atoms with Gasteiger partial charge in [0.15, 0.2) is 0 Å². The largest absolute Gasteiger partial charge is 0.490 e. The predicted molar refractivity (Wildman–Crippen MR) is 158 cm³/mol. The average Bonchev–Trinajstić information content (AvgIpc) is 3.44. The Kier molecular flexibility index (Phi) is 14.3. The molecule has 19 heteroatoms. The molecule has 5 rings (SSSR count). The van der Waals surface area contributed by atoms with Crippen LogP contribution >= 0.6 is 0 Å². The zero-order valence-corrected chi connectivity index (χ0v) is 27.0. The zero-order chi connectivity index (χ0) is 38.1. The summed E-state index contributed by atoms with van der Waals surface area (Å²) in [4.78, 5) is 34.6. The summed E-state index contributed by atoms with van der Waals surface area (Å²) in [7, 11) is 2.29. The van der Waals surface area contributed by atoms with Crippen LogP contribution in [0, 0.1) is 17.8 Å². The molecule has 0 saturated carbocycles. The van der Waals surface area contributed by atoms with Crippen LogP contribution in [-0.2, 0) is 27.5 Å². The zero-order valence-electron chi connectivity index (χ0n) is 27.0. The second kappa shape index (κ2) is 16.9. The van der Waals surface area contributed by atoms with Gasteiger partial charge in [-0.1, -0.05) is 30.3 Å². The number of halogens is 9. The van der Waals surface area contributed by atoms with Gasteiger partial charge in [0.05, 0.1) is 6.54 Å². The van der Waals surface area contributed by atoms with Gasteiger partial charge < -0.3 is 24.6 Å². The van der Waals surface area contributed by atoms with E-state index in [2.05, 4.69) is 64.2 Å². The molecule has 2 spiro atoms. The SMILES string of the molecule is Cc1ccc(CN2CCCC3(CC2)CN(Cc2ccccc2)CC32CN(C)C2)o1.O=C(O)C(F)(F)F.O=C(O)C(F)(F)F.O=C(O)C(F)(F)F. The number of aliphatic carboxylic acids is 3. The maximum Gasteiger partial charge on any atom is 0.490 e. The van der Waals surface area contributed by atoms with Gasteiger partial charge in [-0.3, -0.25) is 9.80 Å². The number of furan rings is 1. The Morgan fingerprint density at radius 3 is 1.58 bits per heavy atom. The second-order valence-corrected chi connectivity index (χ2v) is 12.4. The summed E-state index contributed by atoms with van der Waals surface area (Å²) >= 11 is 0. The van der Waals surface area contributed by atoms with Crippen LogP contribution in [0.15, 0.2) is 46.9 Å². The van der Waals surface area contributed by atoms with Gasteiger partial charge in [0, 0.05) is 38.1 Å². The maximum atomic E-state index is 10.6.